The van der Waals surface area contributed by atoms with Gasteiger partial charge >= 0.3 is 0 Å². The molecular formula is C27H27ClN2O4. The van der Waals surface area contributed by atoms with E-state index in [0.29, 0.717) is 0 Å². The first kappa shape index (κ1) is 25.5. The largest absolute Gasteiger partial charge is 0.250 e. The minimum atomic E-state index is -4.94. The highest BCUT2D eigenvalue weighted by molar-refractivity contribution is 5.68. The maximum Gasteiger partial charge on any atom is 0.232 e. The quantitative estimate of drug-likeness (QED) is 0.410. The summed E-state index contributed by atoms with van der Waals surface area (Å²) in [4.78, 5) is 4.69. The molecule has 0 fully saturated rings. The first-order valence-electron chi connectivity index (χ1n) is 10.7. The van der Waals surface area contributed by atoms with Gasteiger partial charge in [0.2, 0.25) is 5.69 Å². The minimum Gasteiger partial charge on any atom is -0.250 e. The van der Waals surface area contributed by atoms with Gasteiger partial charge in [0.25, 0.3) is 0 Å². The Bertz CT molecular complexity index is 1180. The molecule has 0 saturated carbocycles. The minimum absolute atomic E-state index is 0.0108. The summed E-state index contributed by atoms with van der Waals surface area (Å²) in [5, 5.41) is 0. The molecule has 176 valence electrons. The maximum absolute atomic E-state index is 8.49. The molecule has 0 aliphatic rings. The molecule has 2 heterocycles. The van der Waals surface area contributed by atoms with Crippen LogP contribution < -0.4 is 23.2 Å². The van der Waals surface area contributed by atoms with Crippen LogP contribution in [0.3, 0.4) is 0 Å². The summed E-state index contributed by atoms with van der Waals surface area (Å²) in [7, 11) is -4.94. The van der Waals surface area contributed by atoms with Crippen molar-refractivity contribution in [2.24, 2.45) is 0 Å². The standard InChI is InChI=1S/C27H27N2.ClHO4/c1-27(2,3)26-19-23(22-14-8-5-9-15-22)18-25(24-16-10-11-17-28-24)29(26)20-21-12-6-4-7-13-21;2-1(3,4)5/h4-19H,20H2,1-3H3;(H,2,3,4,5)/q+1;/p-1. The lowest BCUT2D eigenvalue weighted by Gasteiger charge is -2.20. The molecule has 0 unspecified atom stereocenters. The second kappa shape index (κ2) is 10.9. The number of aromatic nitrogens is 2. The summed E-state index contributed by atoms with van der Waals surface area (Å²) in [5.41, 5.74) is 7.15. The van der Waals surface area contributed by atoms with Crippen LogP contribution in [0.4, 0.5) is 0 Å². The van der Waals surface area contributed by atoms with E-state index in [1.54, 1.807) is 0 Å². The summed E-state index contributed by atoms with van der Waals surface area (Å²) in [6.45, 7) is 7.65. The summed E-state index contributed by atoms with van der Waals surface area (Å²) in [5.74, 6) is 0. The second-order valence-electron chi connectivity index (χ2n) is 8.80. The molecule has 0 N–H and O–H groups in total. The maximum atomic E-state index is 8.49. The van der Waals surface area contributed by atoms with Gasteiger partial charge in [-0.3, -0.25) is 0 Å². The molecule has 0 amide bonds. The van der Waals surface area contributed by atoms with Crippen molar-refractivity contribution in [3.05, 3.63) is 108 Å². The molecule has 6 nitrogen and oxygen atoms in total. The van der Waals surface area contributed by atoms with Crippen LogP contribution in [0.25, 0.3) is 22.5 Å². The Balaban J connectivity index is 0.000000588. The Labute approximate surface area is 202 Å². The highest BCUT2D eigenvalue weighted by Crippen LogP contribution is 2.29. The average molecular weight is 479 g/mol. The SMILES string of the molecule is CC(C)(C)c1cc(-c2ccccc2)cc(-c2ccccn2)[n+]1Cc1ccccc1.[O-][Cl+3]([O-])([O-])[O-]. The van der Waals surface area contributed by atoms with Crippen molar-refractivity contribution in [3.63, 3.8) is 0 Å². The zero-order valence-corrected chi connectivity index (χ0v) is 20.1. The summed E-state index contributed by atoms with van der Waals surface area (Å²) in [6.07, 6.45) is 1.87. The molecule has 4 rings (SSSR count). The van der Waals surface area contributed by atoms with E-state index in [4.69, 9.17) is 18.6 Å². The molecule has 0 aliphatic heterocycles. The van der Waals surface area contributed by atoms with Crippen LogP contribution in [0.5, 0.6) is 0 Å². The van der Waals surface area contributed by atoms with Gasteiger partial charge in [-0.2, -0.15) is 4.57 Å². The Morgan fingerprint density at radius 1 is 0.735 bits per heavy atom. The third-order valence-electron chi connectivity index (χ3n) is 5.15. The summed E-state index contributed by atoms with van der Waals surface area (Å²) >= 11 is 0. The Morgan fingerprint density at radius 3 is 1.82 bits per heavy atom. The van der Waals surface area contributed by atoms with Crippen molar-refractivity contribution in [1.29, 1.82) is 0 Å². The highest BCUT2D eigenvalue weighted by Gasteiger charge is 2.30. The predicted octanol–water partition coefficient (Wildman–Crippen LogP) is 1.29. The topological polar surface area (TPSA) is 109 Å². The third kappa shape index (κ3) is 7.45. The molecular weight excluding hydrogens is 452 g/mol. The Hall–Kier alpha value is -3.13. The number of halogens is 1. The van der Waals surface area contributed by atoms with Crippen molar-refractivity contribution in [1.82, 2.24) is 4.98 Å². The van der Waals surface area contributed by atoms with Gasteiger partial charge in [-0.1, -0.05) is 87.5 Å². The third-order valence-corrected chi connectivity index (χ3v) is 5.15. The average Bonchev–Trinajstić information content (AvgIpc) is 2.79. The van der Waals surface area contributed by atoms with Crippen LogP contribution in [0.2, 0.25) is 0 Å². The Morgan fingerprint density at radius 2 is 1.29 bits per heavy atom. The molecule has 4 aromatic rings. The van der Waals surface area contributed by atoms with Crippen LogP contribution in [0.1, 0.15) is 32.0 Å². The van der Waals surface area contributed by atoms with Gasteiger partial charge in [0, 0.05) is 29.3 Å². The molecule has 34 heavy (non-hydrogen) atoms. The normalized spacial score (nSPS) is 11.5. The fourth-order valence-electron chi connectivity index (χ4n) is 3.70. The lowest BCUT2D eigenvalue weighted by atomic mass is 9.88. The van der Waals surface area contributed by atoms with Gasteiger partial charge in [0.1, 0.15) is 5.69 Å². The van der Waals surface area contributed by atoms with Gasteiger partial charge in [-0.25, -0.2) is 23.6 Å². The van der Waals surface area contributed by atoms with Crippen molar-refractivity contribution >= 4 is 0 Å². The van der Waals surface area contributed by atoms with Gasteiger partial charge in [-0.05, 0) is 23.3 Å². The van der Waals surface area contributed by atoms with E-state index in [2.05, 4.69) is 115 Å². The van der Waals surface area contributed by atoms with Crippen LogP contribution in [0, 0.1) is 10.2 Å². The van der Waals surface area contributed by atoms with Gasteiger partial charge in [0.05, 0.1) is 0 Å². The highest BCUT2D eigenvalue weighted by atomic mass is 35.7. The molecule has 2 aromatic carbocycles. The number of pyridine rings is 2. The van der Waals surface area contributed by atoms with Crippen molar-refractivity contribution in [3.8, 4) is 22.5 Å². The molecule has 0 saturated heterocycles. The van der Waals surface area contributed by atoms with E-state index >= 15 is 0 Å². The van der Waals surface area contributed by atoms with E-state index in [9.17, 15) is 0 Å². The summed E-state index contributed by atoms with van der Waals surface area (Å²) < 4.78 is 36.4. The molecule has 0 atom stereocenters. The van der Waals surface area contributed by atoms with Crippen LogP contribution in [-0.4, -0.2) is 4.98 Å². The smallest absolute Gasteiger partial charge is 0.232 e. The van der Waals surface area contributed by atoms with Gasteiger partial charge in [-0.15, -0.1) is 10.2 Å². The lowest BCUT2D eigenvalue weighted by Crippen LogP contribution is -2.68. The second-order valence-corrected chi connectivity index (χ2v) is 9.55. The molecule has 2 aromatic heterocycles. The van der Waals surface area contributed by atoms with Crippen LogP contribution in [0.15, 0.2) is 97.2 Å². The monoisotopic (exact) mass is 478 g/mol. The number of benzene rings is 2. The Kier molecular flexibility index (Phi) is 8.15. The molecule has 7 heteroatoms. The first-order valence-corrected chi connectivity index (χ1v) is 12.0. The number of rotatable bonds is 4. The van der Waals surface area contributed by atoms with Crippen molar-refractivity contribution in [2.75, 3.05) is 0 Å². The van der Waals surface area contributed by atoms with E-state index in [1.165, 1.54) is 22.4 Å². The number of hydrogen-bond donors (Lipinski definition) is 0. The van der Waals surface area contributed by atoms with E-state index in [1.807, 2.05) is 12.3 Å². The van der Waals surface area contributed by atoms with Gasteiger partial charge in [0.15, 0.2) is 12.2 Å². The van der Waals surface area contributed by atoms with E-state index < -0.39 is 10.2 Å². The fraction of sp³-hybridized carbons (Fsp3) is 0.185. The zero-order chi connectivity index (χ0) is 24.8. The first-order chi connectivity index (χ1) is 16.0. The van der Waals surface area contributed by atoms with Crippen molar-refractivity contribution in [2.45, 2.75) is 32.7 Å². The predicted molar refractivity (Wildman–Crippen MR) is 120 cm³/mol. The molecule has 0 bridgehead atoms. The number of nitrogens with zero attached hydrogens (tertiary/aromatic N) is 2. The fourth-order valence-corrected chi connectivity index (χ4v) is 3.70. The van der Waals surface area contributed by atoms with Crippen LogP contribution in [-0.2, 0) is 12.0 Å². The van der Waals surface area contributed by atoms with Crippen LogP contribution >= 0.6 is 0 Å². The summed E-state index contributed by atoms with van der Waals surface area (Å²) in [6, 6.07) is 32.0. The van der Waals surface area contributed by atoms with E-state index in [-0.39, 0.29) is 5.41 Å². The molecule has 0 spiro atoms. The van der Waals surface area contributed by atoms with Crippen molar-refractivity contribution < 1.29 is 33.4 Å². The molecule has 0 radical (unpaired) electrons. The zero-order valence-electron chi connectivity index (χ0n) is 19.4. The van der Waals surface area contributed by atoms with Gasteiger partial charge < -0.3 is 0 Å². The number of hydrogen-bond acceptors (Lipinski definition) is 5. The van der Waals surface area contributed by atoms with E-state index in [0.717, 1.165) is 17.9 Å². The lowest BCUT2D eigenvalue weighted by molar-refractivity contribution is -2.00. The molecule has 0 aliphatic carbocycles.